The molecule has 2 rings (SSSR count). The zero-order chi connectivity index (χ0) is 16.3. The Morgan fingerprint density at radius 3 is 2.73 bits per heavy atom. The summed E-state index contributed by atoms with van der Waals surface area (Å²) in [4.78, 5) is 24.0. The molecule has 22 heavy (non-hydrogen) atoms. The Kier molecular flexibility index (Phi) is 5.08. The van der Waals surface area contributed by atoms with Crippen LogP contribution >= 0.6 is 11.6 Å². The van der Waals surface area contributed by atoms with Gasteiger partial charge in [0.05, 0.1) is 12.7 Å². The summed E-state index contributed by atoms with van der Waals surface area (Å²) >= 11 is 5.94. The van der Waals surface area contributed by atoms with Crippen molar-refractivity contribution >= 4 is 29.6 Å². The molecule has 0 fully saturated rings. The van der Waals surface area contributed by atoms with Gasteiger partial charge in [0.2, 0.25) is 0 Å². The minimum Gasteiger partial charge on any atom is -0.488 e. The van der Waals surface area contributed by atoms with Crippen LogP contribution in [0.4, 0.5) is 0 Å². The van der Waals surface area contributed by atoms with Crippen molar-refractivity contribution < 1.29 is 19.1 Å². The van der Waals surface area contributed by atoms with Crippen LogP contribution in [0.2, 0.25) is 5.02 Å². The van der Waals surface area contributed by atoms with Crippen LogP contribution in [0.1, 0.15) is 19.4 Å². The number of rotatable bonds is 4. The highest BCUT2D eigenvalue weighted by Gasteiger charge is 2.27. The fourth-order valence-electron chi connectivity index (χ4n) is 2.14. The zero-order valence-corrected chi connectivity index (χ0v) is 13.4. The molecular formula is C16H18ClNO4. The van der Waals surface area contributed by atoms with E-state index in [0.717, 1.165) is 5.56 Å². The van der Waals surface area contributed by atoms with Gasteiger partial charge in [-0.05, 0) is 30.2 Å². The predicted molar refractivity (Wildman–Crippen MR) is 83.7 cm³/mol. The number of amides is 1. The molecule has 1 N–H and O–H groups in total. The van der Waals surface area contributed by atoms with Crippen molar-refractivity contribution in [2.45, 2.75) is 19.9 Å². The Morgan fingerprint density at radius 2 is 2.09 bits per heavy atom. The van der Waals surface area contributed by atoms with Crippen molar-refractivity contribution in [3.05, 3.63) is 34.4 Å². The summed E-state index contributed by atoms with van der Waals surface area (Å²) in [6.07, 6.45) is 1.72. The molecule has 1 atom stereocenters. The van der Waals surface area contributed by atoms with E-state index >= 15 is 0 Å². The summed E-state index contributed by atoms with van der Waals surface area (Å²) in [6.45, 7) is 3.82. The minimum atomic E-state index is -0.695. The molecule has 1 aliphatic rings. The maximum atomic E-state index is 12.3. The second-order valence-electron chi connectivity index (χ2n) is 5.36. The number of carbonyl (C=O) groups excluding carboxylic acids is 2. The number of esters is 1. The van der Waals surface area contributed by atoms with Crippen molar-refractivity contribution in [1.82, 2.24) is 5.32 Å². The number of hydrogen-bond donors (Lipinski definition) is 1. The lowest BCUT2D eigenvalue weighted by Gasteiger charge is -2.22. The van der Waals surface area contributed by atoms with E-state index in [0.29, 0.717) is 16.3 Å². The average molecular weight is 324 g/mol. The van der Waals surface area contributed by atoms with Gasteiger partial charge in [-0.25, -0.2) is 4.79 Å². The molecular weight excluding hydrogens is 306 g/mol. The molecule has 0 spiro atoms. The maximum absolute atomic E-state index is 12.3. The fraction of sp³-hybridized carbons (Fsp3) is 0.375. The van der Waals surface area contributed by atoms with Gasteiger partial charge in [-0.2, -0.15) is 0 Å². The average Bonchev–Trinajstić information content (AvgIpc) is 2.50. The monoisotopic (exact) mass is 323 g/mol. The number of methoxy groups -OCH3 is 1. The van der Waals surface area contributed by atoms with E-state index in [9.17, 15) is 9.59 Å². The van der Waals surface area contributed by atoms with E-state index in [1.807, 2.05) is 13.8 Å². The Bertz CT molecular complexity index is 625. The van der Waals surface area contributed by atoms with Crippen molar-refractivity contribution in [2.24, 2.45) is 5.92 Å². The van der Waals surface area contributed by atoms with Crippen LogP contribution in [0.3, 0.4) is 0 Å². The number of hydrogen-bond acceptors (Lipinski definition) is 4. The smallest absolute Gasteiger partial charge is 0.328 e. The van der Waals surface area contributed by atoms with Gasteiger partial charge in [0.15, 0.2) is 0 Å². The summed E-state index contributed by atoms with van der Waals surface area (Å²) in [5.41, 5.74) is 1.17. The molecule has 1 aliphatic heterocycles. The Labute approximate surface area is 134 Å². The van der Waals surface area contributed by atoms with Gasteiger partial charge < -0.3 is 14.8 Å². The SMILES string of the molecule is COC(=O)[C@@H](NC(=O)C1=Cc2cc(Cl)ccc2OC1)C(C)C. The van der Waals surface area contributed by atoms with Crippen LogP contribution in [0, 0.1) is 5.92 Å². The third kappa shape index (κ3) is 3.60. The van der Waals surface area contributed by atoms with Gasteiger partial charge in [0.25, 0.3) is 5.91 Å². The van der Waals surface area contributed by atoms with Gasteiger partial charge >= 0.3 is 5.97 Å². The molecule has 0 saturated heterocycles. The lowest BCUT2D eigenvalue weighted by Crippen LogP contribution is -2.46. The van der Waals surface area contributed by atoms with E-state index in [1.54, 1.807) is 24.3 Å². The number of fused-ring (bicyclic) bond motifs is 1. The Hall–Kier alpha value is -2.01. The minimum absolute atomic E-state index is 0.0803. The molecule has 1 aromatic rings. The molecule has 1 aromatic carbocycles. The third-order valence-corrected chi connectivity index (χ3v) is 3.62. The molecule has 1 heterocycles. The standard InChI is InChI=1S/C16H18ClNO4/c1-9(2)14(16(20)21-3)18-15(19)11-6-10-7-12(17)4-5-13(10)22-8-11/h4-7,9,14H,8H2,1-3H3,(H,18,19)/t14-/m0/s1. The largest absolute Gasteiger partial charge is 0.488 e. The lowest BCUT2D eigenvalue weighted by atomic mass is 10.0. The number of ether oxygens (including phenoxy) is 2. The number of nitrogens with one attached hydrogen (secondary N) is 1. The van der Waals surface area contributed by atoms with Gasteiger partial charge in [0.1, 0.15) is 18.4 Å². The quantitative estimate of drug-likeness (QED) is 0.864. The van der Waals surface area contributed by atoms with Gasteiger partial charge in [0, 0.05) is 10.6 Å². The second kappa shape index (κ2) is 6.83. The predicted octanol–water partition coefficient (Wildman–Crippen LogP) is 2.43. The molecule has 0 unspecified atom stereocenters. The van der Waals surface area contributed by atoms with Gasteiger partial charge in [-0.1, -0.05) is 25.4 Å². The van der Waals surface area contributed by atoms with Crippen LogP contribution in [0.15, 0.2) is 23.8 Å². The van der Waals surface area contributed by atoms with Crippen molar-refractivity contribution in [3.63, 3.8) is 0 Å². The topological polar surface area (TPSA) is 64.6 Å². The first-order valence-electron chi connectivity index (χ1n) is 6.94. The fourth-order valence-corrected chi connectivity index (χ4v) is 2.32. The molecule has 0 radical (unpaired) electrons. The molecule has 0 saturated carbocycles. The van der Waals surface area contributed by atoms with Crippen molar-refractivity contribution in [3.8, 4) is 5.75 Å². The maximum Gasteiger partial charge on any atom is 0.328 e. The highest BCUT2D eigenvalue weighted by atomic mass is 35.5. The van der Waals surface area contributed by atoms with Crippen molar-refractivity contribution in [1.29, 1.82) is 0 Å². The number of benzene rings is 1. The first-order valence-corrected chi connectivity index (χ1v) is 7.31. The summed E-state index contributed by atoms with van der Waals surface area (Å²) < 4.78 is 10.2. The summed E-state index contributed by atoms with van der Waals surface area (Å²) in [7, 11) is 1.30. The Balaban J connectivity index is 2.18. The van der Waals surface area contributed by atoms with E-state index in [1.165, 1.54) is 7.11 Å². The van der Waals surface area contributed by atoms with Crippen LogP contribution in [-0.2, 0) is 14.3 Å². The van der Waals surface area contributed by atoms with Gasteiger partial charge in [-0.15, -0.1) is 0 Å². The van der Waals surface area contributed by atoms with Crippen LogP contribution in [0.5, 0.6) is 5.75 Å². The number of carbonyl (C=O) groups is 2. The van der Waals surface area contributed by atoms with Crippen LogP contribution < -0.4 is 10.1 Å². The highest BCUT2D eigenvalue weighted by Crippen LogP contribution is 2.29. The summed E-state index contributed by atoms with van der Waals surface area (Å²) in [5.74, 6) is -0.226. The molecule has 0 bridgehead atoms. The van der Waals surface area contributed by atoms with Crippen LogP contribution in [-0.4, -0.2) is 31.6 Å². The first kappa shape index (κ1) is 16.4. The molecule has 5 nitrogen and oxygen atoms in total. The normalized spacial score (nSPS) is 14.5. The van der Waals surface area contributed by atoms with E-state index < -0.39 is 12.0 Å². The van der Waals surface area contributed by atoms with E-state index in [4.69, 9.17) is 21.1 Å². The molecule has 6 heteroatoms. The van der Waals surface area contributed by atoms with Crippen molar-refractivity contribution in [2.75, 3.05) is 13.7 Å². The highest BCUT2D eigenvalue weighted by molar-refractivity contribution is 6.30. The lowest BCUT2D eigenvalue weighted by molar-refractivity contribution is -0.146. The molecule has 0 aromatic heterocycles. The molecule has 0 aliphatic carbocycles. The number of halogens is 1. The van der Waals surface area contributed by atoms with Gasteiger partial charge in [-0.3, -0.25) is 4.79 Å². The van der Waals surface area contributed by atoms with E-state index in [2.05, 4.69) is 5.32 Å². The first-order chi connectivity index (χ1) is 10.4. The van der Waals surface area contributed by atoms with E-state index in [-0.39, 0.29) is 18.4 Å². The van der Waals surface area contributed by atoms with Crippen LogP contribution in [0.25, 0.3) is 6.08 Å². The summed E-state index contributed by atoms with van der Waals surface area (Å²) in [6, 6.07) is 4.52. The zero-order valence-electron chi connectivity index (χ0n) is 12.7. The summed E-state index contributed by atoms with van der Waals surface area (Å²) in [5, 5.41) is 3.25. The molecule has 1 amide bonds. The molecule has 118 valence electrons. The Morgan fingerprint density at radius 1 is 1.36 bits per heavy atom. The third-order valence-electron chi connectivity index (χ3n) is 3.38. The second-order valence-corrected chi connectivity index (χ2v) is 5.80.